The Bertz CT molecular complexity index is 419. The number of nitrogens with zero attached hydrogens (tertiary/aromatic N) is 2. The van der Waals surface area contributed by atoms with Crippen LogP contribution in [0, 0.1) is 12.8 Å². The van der Waals surface area contributed by atoms with Gasteiger partial charge in [0.15, 0.2) is 5.82 Å². The topological polar surface area (TPSA) is 97.1 Å². The quantitative estimate of drug-likeness (QED) is 0.741. The minimum Gasteiger partial charge on any atom is -0.355 e. The molecule has 0 saturated carbocycles. The number of aromatic nitrogens is 2. The number of piperidine rings is 1. The van der Waals surface area contributed by atoms with Crippen LogP contribution in [0.25, 0.3) is 0 Å². The third kappa shape index (κ3) is 3.02. The fraction of sp³-hybridized carbons (Fsp3) is 0.600. The van der Waals surface area contributed by atoms with Crippen molar-refractivity contribution in [3.63, 3.8) is 0 Å². The van der Waals surface area contributed by atoms with Crippen molar-refractivity contribution in [3.8, 4) is 0 Å². The van der Waals surface area contributed by atoms with Gasteiger partial charge >= 0.3 is 0 Å². The number of hydrogen-bond acceptors (Lipinski definition) is 5. The van der Waals surface area contributed by atoms with E-state index in [-0.39, 0.29) is 24.3 Å². The van der Waals surface area contributed by atoms with E-state index in [0.29, 0.717) is 31.1 Å². The number of aryl methyl sites for hydroxylation is 1. The molecule has 17 heavy (non-hydrogen) atoms. The molecule has 1 atom stereocenters. The summed E-state index contributed by atoms with van der Waals surface area (Å²) in [5, 5.41) is 9.06. The molecule has 92 valence electrons. The Kier molecular flexibility index (Phi) is 3.36. The molecule has 1 saturated heterocycles. The van der Waals surface area contributed by atoms with E-state index in [2.05, 4.69) is 20.8 Å². The molecule has 7 heteroatoms. The van der Waals surface area contributed by atoms with Crippen LogP contribution in [-0.4, -0.2) is 28.5 Å². The maximum atomic E-state index is 11.7. The molecule has 1 aromatic heterocycles. The highest BCUT2D eigenvalue weighted by Gasteiger charge is 2.24. The summed E-state index contributed by atoms with van der Waals surface area (Å²) in [6.45, 7) is 2.34. The smallest absolute Gasteiger partial charge is 0.225 e. The molecule has 1 aliphatic rings. The van der Waals surface area contributed by atoms with Crippen LogP contribution in [0.15, 0.2) is 4.52 Å². The van der Waals surface area contributed by atoms with Crippen LogP contribution >= 0.6 is 0 Å². The van der Waals surface area contributed by atoms with Crippen molar-refractivity contribution >= 4 is 11.8 Å². The van der Waals surface area contributed by atoms with Crippen molar-refractivity contribution in [1.82, 2.24) is 20.8 Å². The molecule has 0 aliphatic carbocycles. The number of rotatable bonds is 3. The maximum absolute atomic E-state index is 11.7. The van der Waals surface area contributed by atoms with Gasteiger partial charge in [0, 0.05) is 19.9 Å². The van der Waals surface area contributed by atoms with E-state index >= 15 is 0 Å². The van der Waals surface area contributed by atoms with Crippen LogP contribution in [0.3, 0.4) is 0 Å². The standard InChI is InChI=1S/C10H14N4O3/c1-6-13-8(14-17-6)5-12-10(16)7-2-3-9(15)11-4-7/h7H,2-5H2,1H3,(H,11,15)(H,12,16). The third-order valence-corrected chi connectivity index (χ3v) is 2.63. The van der Waals surface area contributed by atoms with E-state index in [1.807, 2.05) is 0 Å². The fourth-order valence-electron chi connectivity index (χ4n) is 1.68. The number of hydrogen-bond donors (Lipinski definition) is 2. The van der Waals surface area contributed by atoms with Crippen LogP contribution < -0.4 is 10.6 Å². The Morgan fingerprint density at radius 3 is 3.06 bits per heavy atom. The van der Waals surface area contributed by atoms with Gasteiger partial charge in [-0.25, -0.2) is 0 Å². The van der Waals surface area contributed by atoms with Gasteiger partial charge in [-0.2, -0.15) is 4.98 Å². The summed E-state index contributed by atoms with van der Waals surface area (Å²) in [4.78, 5) is 26.7. The Morgan fingerprint density at radius 1 is 1.65 bits per heavy atom. The van der Waals surface area contributed by atoms with Gasteiger partial charge in [-0.3, -0.25) is 9.59 Å². The Morgan fingerprint density at radius 2 is 2.47 bits per heavy atom. The molecule has 7 nitrogen and oxygen atoms in total. The summed E-state index contributed by atoms with van der Waals surface area (Å²) in [6.07, 6.45) is 0.988. The first-order valence-electron chi connectivity index (χ1n) is 5.49. The monoisotopic (exact) mass is 238 g/mol. The summed E-state index contributed by atoms with van der Waals surface area (Å²) in [5.74, 6) is 0.672. The van der Waals surface area contributed by atoms with E-state index in [0.717, 1.165) is 0 Å². The summed E-state index contributed by atoms with van der Waals surface area (Å²) in [5.41, 5.74) is 0. The van der Waals surface area contributed by atoms with Gasteiger partial charge in [0.1, 0.15) is 0 Å². The molecule has 1 aromatic rings. The summed E-state index contributed by atoms with van der Waals surface area (Å²) >= 11 is 0. The van der Waals surface area contributed by atoms with Gasteiger partial charge in [0.05, 0.1) is 12.5 Å². The zero-order valence-corrected chi connectivity index (χ0v) is 9.52. The van der Waals surface area contributed by atoms with Gasteiger partial charge in [0.2, 0.25) is 17.7 Å². The lowest BCUT2D eigenvalue weighted by Gasteiger charge is -2.21. The van der Waals surface area contributed by atoms with Gasteiger partial charge in [0.25, 0.3) is 0 Å². The minimum absolute atomic E-state index is 0.00263. The predicted molar refractivity (Wildman–Crippen MR) is 56.6 cm³/mol. The fourth-order valence-corrected chi connectivity index (χ4v) is 1.68. The van der Waals surface area contributed by atoms with Crippen molar-refractivity contribution in [1.29, 1.82) is 0 Å². The van der Waals surface area contributed by atoms with Crippen molar-refractivity contribution in [2.75, 3.05) is 6.54 Å². The van der Waals surface area contributed by atoms with E-state index in [1.165, 1.54) is 0 Å². The largest absolute Gasteiger partial charge is 0.355 e. The summed E-state index contributed by atoms with van der Waals surface area (Å²) < 4.78 is 4.79. The van der Waals surface area contributed by atoms with E-state index < -0.39 is 0 Å². The Balaban J connectivity index is 1.79. The molecular formula is C10H14N4O3. The van der Waals surface area contributed by atoms with E-state index in [4.69, 9.17) is 4.52 Å². The molecule has 2 heterocycles. The third-order valence-electron chi connectivity index (χ3n) is 2.63. The van der Waals surface area contributed by atoms with Gasteiger partial charge in [-0.1, -0.05) is 5.16 Å². The lowest BCUT2D eigenvalue weighted by molar-refractivity contribution is -0.129. The molecule has 2 amide bonds. The predicted octanol–water partition coefficient (Wildman–Crippen LogP) is -0.480. The SMILES string of the molecule is Cc1nc(CNC(=O)C2CCC(=O)NC2)no1. The van der Waals surface area contributed by atoms with Crippen molar-refractivity contribution in [2.24, 2.45) is 5.92 Å². The van der Waals surface area contributed by atoms with Crippen LogP contribution in [0.2, 0.25) is 0 Å². The second-order valence-electron chi connectivity index (χ2n) is 3.99. The van der Waals surface area contributed by atoms with Crippen molar-refractivity contribution in [3.05, 3.63) is 11.7 Å². The lowest BCUT2D eigenvalue weighted by atomic mass is 9.98. The Hall–Kier alpha value is -1.92. The molecule has 2 rings (SSSR count). The highest BCUT2D eigenvalue weighted by Crippen LogP contribution is 2.10. The Labute approximate surface area is 98.0 Å². The molecule has 1 fully saturated rings. The maximum Gasteiger partial charge on any atom is 0.225 e. The summed E-state index contributed by atoms with van der Waals surface area (Å²) in [7, 11) is 0. The van der Waals surface area contributed by atoms with Crippen LogP contribution in [0.1, 0.15) is 24.6 Å². The highest BCUT2D eigenvalue weighted by atomic mass is 16.5. The molecule has 1 unspecified atom stereocenters. The molecular weight excluding hydrogens is 224 g/mol. The molecule has 1 aliphatic heterocycles. The van der Waals surface area contributed by atoms with Gasteiger partial charge in [-0.05, 0) is 6.42 Å². The summed E-state index contributed by atoms with van der Waals surface area (Å²) in [6, 6.07) is 0. The van der Waals surface area contributed by atoms with Crippen molar-refractivity contribution in [2.45, 2.75) is 26.3 Å². The zero-order chi connectivity index (χ0) is 12.3. The normalized spacial score (nSPS) is 19.8. The number of nitrogens with one attached hydrogen (secondary N) is 2. The minimum atomic E-state index is -0.166. The molecule has 0 aromatic carbocycles. The number of amides is 2. The second kappa shape index (κ2) is 4.94. The first kappa shape index (κ1) is 11.6. The van der Waals surface area contributed by atoms with Crippen molar-refractivity contribution < 1.29 is 14.1 Å². The molecule has 0 spiro atoms. The van der Waals surface area contributed by atoms with Crippen LogP contribution in [0.5, 0.6) is 0 Å². The van der Waals surface area contributed by atoms with Crippen LogP contribution in [0.4, 0.5) is 0 Å². The molecule has 2 N–H and O–H groups in total. The number of carbonyl (C=O) groups excluding carboxylic acids is 2. The average molecular weight is 238 g/mol. The first-order valence-corrected chi connectivity index (χ1v) is 5.49. The van der Waals surface area contributed by atoms with Gasteiger partial charge in [-0.15, -0.1) is 0 Å². The lowest BCUT2D eigenvalue weighted by Crippen LogP contribution is -2.42. The zero-order valence-electron chi connectivity index (χ0n) is 9.52. The van der Waals surface area contributed by atoms with Gasteiger partial charge < -0.3 is 15.2 Å². The second-order valence-corrected chi connectivity index (χ2v) is 3.99. The first-order chi connectivity index (χ1) is 8.15. The highest BCUT2D eigenvalue weighted by molar-refractivity contribution is 5.83. The molecule has 0 bridgehead atoms. The number of carbonyl (C=O) groups is 2. The van der Waals surface area contributed by atoms with E-state index in [9.17, 15) is 9.59 Å². The van der Waals surface area contributed by atoms with E-state index in [1.54, 1.807) is 6.92 Å². The molecule has 0 radical (unpaired) electrons. The van der Waals surface area contributed by atoms with Crippen LogP contribution in [-0.2, 0) is 16.1 Å². The average Bonchev–Trinajstić information content (AvgIpc) is 2.73.